The van der Waals surface area contributed by atoms with Gasteiger partial charge < -0.3 is 5.11 Å². The average molecular weight is 378 g/mol. The second-order valence-electron chi connectivity index (χ2n) is 2.31. The lowest BCUT2D eigenvalue weighted by Crippen LogP contribution is -2.04. The Labute approximate surface area is 99.8 Å². The normalized spacial score (nSPS) is 10.6. The van der Waals surface area contributed by atoms with Gasteiger partial charge in [0.2, 0.25) is 0 Å². The van der Waals surface area contributed by atoms with Gasteiger partial charge >= 0.3 is 5.97 Å². The van der Waals surface area contributed by atoms with Gasteiger partial charge in [-0.05, 0) is 44.6 Å². The van der Waals surface area contributed by atoms with Crippen molar-refractivity contribution in [2.45, 2.75) is 6.43 Å². The van der Waals surface area contributed by atoms with E-state index in [1.807, 2.05) is 0 Å². The fraction of sp³-hybridized carbons (Fsp3) is 0.143. The van der Waals surface area contributed by atoms with Crippen molar-refractivity contribution in [2.24, 2.45) is 0 Å². The molecule has 1 aromatic rings. The van der Waals surface area contributed by atoms with E-state index in [2.05, 4.69) is 20.9 Å². The van der Waals surface area contributed by atoms with Gasteiger partial charge in [0.1, 0.15) is 9.39 Å². The summed E-state index contributed by atoms with van der Waals surface area (Å²) >= 11 is 4.61. The van der Waals surface area contributed by atoms with E-state index in [-0.39, 0.29) is 19.4 Å². The van der Waals surface area contributed by atoms with Gasteiger partial charge in [-0.1, -0.05) is 0 Å². The third-order valence-corrected chi connectivity index (χ3v) is 3.75. The molecule has 0 unspecified atom stereocenters. The number of aromatic nitrogens is 1. The summed E-state index contributed by atoms with van der Waals surface area (Å²) < 4.78 is 25.1. The molecule has 0 aliphatic carbocycles. The highest BCUT2D eigenvalue weighted by molar-refractivity contribution is 14.1. The fourth-order valence-corrected chi connectivity index (χ4v) is 1.73. The molecule has 3 nitrogen and oxygen atoms in total. The van der Waals surface area contributed by atoms with Gasteiger partial charge in [-0.3, -0.25) is 0 Å². The van der Waals surface area contributed by atoms with Gasteiger partial charge in [-0.15, -0.1) is 0 Å². The number of hydrogen-bond acceptors (Lipinski definition) is 2. The summed E-state index contributed by atoms with van der Waals surface area (Å²) in [5.41, 5.74) is -0.741. The number of rotatable bonds is 2. The van der Waals surface area contributed by atoms with Crippen LogP contribution in [-0.2, 0) is 0 Å². The van der Waals surface area contributed by atoms with Crippen molar-refractivity contribution in [1.82, 2.24) is 4.98 Å². The minimum atomic E-state index is -2.72. The summed E-state index contributed by atoms with van der Waals surface area (Å²) in [6.45, 7) is 0. The molecule has 0 aliphatic heterocycles. The molecule has 1 rings (SSSR count). The number of hydrogen-bond donors (Lipinski definition) is 1. The van der Waals surface area contributed by atoms with Crippen molar-refractivity contribution >= 4 is 44.5 Å². The van der Waals surface area contributed by atoms with Crippen LogP contribution in [-0.4, -0.2) is 16.1 Å². The van der Waals surface area contributed by atoms with Crippen LogP contribution in [0.25, 0.3) is 0 Å². The van der Waals surface area contributed by atoms with Crippen LogP contribution in [0.15, 0.2) is 10.5 Å². The fourth-order valence-electron chi connectivity index (χ4n) is 0.785. The highest BCUT2D eigenvalue weighted by Crippen LogP contribution is 2.30. The SMILES string of the molecule is O=C(O)c1cc(C(F)F)c(Br)c(I)n1. The van der Waals surface area contributed by atoms with Gasteiger partial charge in [0, 0.05) is 5.56 Å². The molecule has 0 saturated carbocycles. The summed E-state index contributed by atoms with van der Waals surface area (Å²) in [6, 6.07) is 0.860. The highest BCUT2D eigenvalue weighted by Gasteiger charge is 2.18. The van der Waals surface area contributed by atoms with Gasteiger partial charge in [-0.2, -0.15) is 0 Å². The molecular formula is C7H3BrF2INO2. The molecule has 7 heteroatoms. The molecule has 0 radical (unpaired) electrons. The van der Waals surface area contributed by atoms with E-state index in [0.717, 1.165) is 6.07 Å². The van der Waals surface area contributed by atoms with Crippen LogP contribution in [0.1, 0.15) is 22.5 Å². The maximum absolute atomic E-state index is 12.4. The molecule has 0 amide bonds. The number of halogens is 4. The predicted molar refractivity (Wildman–Crippen MR) is 56.6 cm³/mol. The second kappa shape index (κ2) is 4.47. The molecular weight excluding hydrogens is 375 g/mol. The number of carbonyl (C=O) groups is 1. The molecule has 0 aliphatic rings. The maximum atomic E-state index is 12.4. The zero-order chi connectivity index (χ0) is 10.9. The van der Waals surface area contributed by atoms with Gasteiger partial charge in [0.25, 0.3) is 6.43 Å². The minimum absolute atomic E-state index is 0.137. The van der Waals surface area contributed by atoms with Crippen LogP contribution in [0.4, 0.5) is 8.78 Å². The molecule has 0 fully saturated rings. The first kappa shape index (κ1) is 11.8. The molecule has 14 heavy (non-hydrogen) atoms. The molecule has 0 aromatic carbocycles. The van der Waals surface area contributed by atoms with Crippen molar-refractivity contribution < 1.29 is 18.7 Å². The zero-order valence-electron chi connectivity index (χ0n) is 6.47. The first-order valence-corrected chi connectivity index (χ1v) is 5.18. The lowest BCUT2D eigenvalue weighted by Gasteiger charge is -2.05. The lowest BCUT2D eigenvalue weighted by molar-refractivity contribution is 0.0689. The Morgan fingerprint density at radius 1 is 1.64 bits per heavy atom. The van der Waals surface area contributed by atoms with Gasteiger partial charge in [0.05, 0.1) is 4.47 Å². The summed E-state index contributed by atoms with van der Waals surface area (Å²) in [5.74, 6) is -1.32. The largest absolute Gasteiger partial charge is 0.477 e. The lowest BCUT2D eigenvalue weighted by atomic mass is 10.2. The number of carboxylic acids is 1. The van der Waals surface area contributed by atoms with Crippen molar-refractivity contribution in [1.29, 1.82) is 0 Å². The van der Waals surface area contributed by atoms with Crippen LogP contribution in [0, 0.1) is 3.70 Å². The van der Waals surface area contributed by atoms with E-state index in [0.29, 0.717) is 0 Å². The maximum Gasteiger partial charge on any atom is 0.354 e. The van der Waals surface area contributed by atoms with Crippen LogP contribution in [0.3, 0.4) is 0 Å². The predicted octanol–water partition coefficient (Wildman–Crippen LogP) is 3.08. The van der Waals surface area contributed by atoms with Gasteiger partial charge in [0.15, 0.2) is 0 Å². The highest BCUT2D eigenvalue weighted by atomic mass is 127. The third-order valence-electron chi connectivity index (χ3n) is 1.40. The van der Waals surface area contributed by atoms with E-state index in [9.17, 15) is 13.6 Å². The average Bonchev–Trinajstić information content (AvgIpc) is 2.08. The number of nitrogens with zero attached hydrogens (tertiary/aromatic N) is 1. The minimum Gasteiger partial charge on any atom is -0.477 e. The van der Waals surface area contributed by atoms with Crippen molar-refractivity contribution in [3.63, 3.8) is 0 Å². The van der Waals surface area contributed by atoms with Crippen LogP contribution >= 0.6 is 38.5 Å². The van der Waals surface area contributed by atoms with E-state index >= 15 is 0 Å². The summed E-state index contributed by atoms with van der Waals surface area (Å²) in [7, 11) is 0. The molecule has 0 saturated heterocycles. The summed E-state index contributed by atoms with van der Waals surface area (Å²) in [5, 5.41) is 8.58. The van der Waals surface area contributed by atoms with E-state index in [4.69, 9.17) is 5.11 Å². The van der Waals surface area contributed by atoms with Crippen LogP contribution in [0.5, 0.6) is 0 Å². The van der Waals surface area contributed by atoms with Crippen molar-refractivity contribution in [2.75, 3.05) is 0 Å². The summed E-state index contributed by atoms with van der Waals surface area (Å²) in [4.78, 5) is 14.1. The molecule has 1 N–H and O–H groups in total. The quantitative estimate of drug-likeness (QED) is 0.636. The molecule has 0 bridgehead atoms. The Hall–Kier alpha value is -0.310. The Kier molecular flexibility index (Phi) is 3.76. The van der Waals surface area contributed by atoms with Crippen LogP contribution in [0.2, 0.25) is 0 Å². The standard InChI is InChI=1S/C7H3BrF2INO2/c8-4-2(5(9)10)1-3(7(13)14)12-6(4)11/h1,5H,(H,13,14). The monoisotopic (exact) mass is 377 g/mol. The van der Waals surface area contributed by atoms with E-state index in [1.165, 1.54) is 0 Å². The van der Waals surface area contributed by atoms with E-state index < -0.39 is 12.4 Å². The molecule has 0 atom stereocenters. The van der Waals surface area contributed by atoms with Crippen molar-refractivity contribution in [3.05, 3.63) is 25.5 Å². The zero-order valence-corrected chi connectivity index (χ0v) is 10.2. The van der Waals surface area contributed by atoms with E-state index in [1.54, 1.807) is 22.6 Å². The number of carboxylic acid groups (broad SMARTS) is 1. The topological polar surface area (TPSA) is 50.2 Å². The molecule has 76 valence electrons. The Morgan fingerprint density at radius 2 is 2.21 bits per heavy atom. The number of alkyl halides is 2. The molecule has 0 spiro atoms. The van der Waals surface area contributed by atoms with Crippen molar-refractivity contribution in [3.8, 4) is 0 Å². The Morgan fingerprint density at radius 3 is 2.64 bits per heavy atom. The molecule has 1 aromatic heterocycles. The smallest absolute Gasteiger partial charge is 0.354 e. The van der Waals surface area contributed by atoms with Crippen LogP contribution < -0.4 is 0 Å². The first-order chi connectivity index (χ1) is 6.43. The summed E-state index contributed by atoms with van der Waals surface area (Å²) in [6.07, 6.45) is -2.72. The Balaban J connectivity index is 3.35. The Bertz CT molecular complexity index is 386. The first-order valence-electron chi connectivity index (χ1n) is 3.31. The second-order valence-corrected chi connectivity index (χ2v) is 4.12. The van der Waals surface area contributed by atoms with Gasteiger partial charge in [-0.25, -0.2) is 18.6 Å². The third kappa shape index (κ3) is 2.38. The molecule has 1 heterocycles. The number of aromatic carboxylic acids is 1. The number of pyridine rings is 1.